The monoisotopic (exact) mass is 448 g/mol. The van der Waals surface area contributed by atoms with E-state index in [9.17, 15) is 24.9 Å². The van der Waals surface area contributed by atoms with E-state index in [0.717, 1.165) is 0 Å². The largest absolute Gasteiger partial charge is 0.507 e. The maximum absolute atomic E-state index is 13.0. The molecular weight excluding hydrogens is 428 g/mol. The Hall–Kier alpha value is -3.27. The quantitative estimate of drug-likeness (QED) is 0.331. The molecule has 0 saturated heterocycles. The number of carbonyl (C=O) groups is 2. The minimum atomic E-state index is -1.07. The van der Waals surface area contributed by atoms with Gasteiger partial charge in [-0.15, -0.1) is 0 Å². The Morgan fingerprint density at radius 3 is 2.58 bits per heavy atom. The second-order valence-electron chi connectivity index (χ2n) is 6.80. The van der Waals surface area contributed by atoms with E-state index in [-0.39, 0.29) is 40.0 Å². The first-order valence-corrected chi connectivity index (χ1v) is 9.74. The van der Waals surface area contributed by atoms with Gasteiger partial charge < -0.3 is 35.5 Å². The number of phenolic OH excluding ortho intramolecular Hbond substituents is 1. The highest BCUT2D eigenvalue weighted by Crippen LogP contribution is 2.36. The second kappa shape index (κ2) is 9.25. The summed E-state index contributed by atoms with van der Waals surface area (Å²) in [5.41, 5.74) is 5.39. The highest BCUT2D eigenvalue weighted by molar-refractivity contribution is 6.31. The lowest BCUT2D eigenvalue weighted by molar-refractivity contribution is -0.00905. The average Bonchev–Trinajstić information content (AvgIpc) is 3.08. The summed E-state index contributed by atoms with van der Waals surface area (Å²) < 4.78 is 11.1. The smallest absolute Gasteiger partial charge is 0.316 e. The Kier molecular flexibility index (Phi) is 6.69. The highest BCUT2D eigenvalue weighted by atomic mass is 35.5. The zero-order valence-corrected chi connectivity index (χ0v) is 17.2. The van der Waals surface area contributed by atoms with Gasteiger partial charge in [-0.1, -0.05) is 18.5 Å². The number of hydrogen-bond donors (Lipinski definition) is 5. The van der Waals surface area contributed by atoms with Gasteiger partial charge in [0, 0.05) is 16.5 Å². The van der Waals surface area contributed by atoms with Crippen LogP contribution in [0, 0.1) is 0 Å². The molecule has 2 aromatic carbocycles. The van der Waals surface area contributed by atoms with Gasteiger partial charge in [-0.3, -0.25) is 4.79 Å². The van der Waals surface area contributed by atoms with Crippen LogP contribution >= 0.6 is 11.6 Å². The van der Waals surface area contributed by atoms with Crippen LogP contribution in [-0.2, 0) is 0 Å². The highest BCUT2D eigenvalue weighted by Gasteiger charge is 2.25. The van der Waals surface area contributed by atoms with Gasteiger partial charge >= 0.3 is 6.03 Å². The number of aromatic hydroxyl groups is 1. The summed E-state index contributed by atoms with van der Waals surface area (Å²) >= 11 is 5.81. The van der Waals surface area contributed by atoms with E-state index in [0.29, 0.717) is 17.6 Å². The number of ketones is 1. The number of urea groups is 1. The first-order valence-electron chi connectivity index (χ1n) is 9.36. The van der Waals surface area contributed by atoms with Gasteiger partial charge in [-0.25, -0.2) is 4.79 Å². The zero-order chi connectivity index (χ0) is 22.7. The number of nitrogens with two attached hydrogens (primary N) is 1. The zero-order valence-electron chi connectivity index (χ0n) is 16.5. The molecule has 0 radical (unpaired) electrons. The molecule has 1 heterocycles. The van der Waals surface area contributed by atoms with E-state index in [1.54, 1.807) is 19.1 Å². The van der Waals surface area contributed by atoms with E-state index >= 15 is 0 Å². The van der Waals surface area contributed by atoms with Crippen LogP contribution in [-0.4, -0.2) is 45.9 Å². The fraction of sp³-hybridized carbons (Fsp3) is 0.238. The lowest BCUT2D eigenvalue weighted by Gasteiger charge is -2.16. The molecule has 0 aliphatic carbocycles. The lowest BCUT2D eigenvalue weighted by Crippen LogP contribution is -2.31. The lowest BCUT2D eigenvalue weighted by atomic mass is 10.1. The number of phenols is 1. The van der Waals surface area contributed by atoms with Gasteiger partial charge in [-0.2, -0.15) is 0 Å². The Bertz CT molecular complexity index is 1130. The SMILES string of the molecule is CCC(O)C(O)COc1ccc2c(NC(N)=O)c(C(=O)c3ccc(Cl)cc3O)oc2c1. The van der Waals surface area contributed by atoms with Gasteiger partial charge in [-0.05, 0) is 36.8 Å². The molecule has 6 N–H and O–H groups in total. The van der Waals surface area contributed by atoms with Gasteiger partial charge in [0.1, 0.15) is 35.5 Å². The number of aliphatic hydroxyl groups is 2. The maximum Gasteiger partial charge on any atom is 0.316 e. The predicted molar refractivity (Wildman–Crippen MR) is 114 cm³/mol. The van der Waals surface area contributed by atoms with Crippen molar-refractivity contribution in [2.45, 2.75) is 25.6 Å². The van der Waals surface area contributed by atoms with Crippen molar-refractivity contribution >= 4 is 40.1 Å². The third-order valence-electron chi connectivity index (χ3n) is 4.60. The summed E-state index contributed by atoms with van der Waals surface area (Å²) in [4.78, 5) is 24.5. The summed E-state index contributed by atoms with van der Waals surface area (Å²) in [7, 11) is 0. The van der Waals surface area contributed by atoms with E-state index in [1.165, 1.54) is 24.3 Å². The molecule has 2 unspecified atom stereocenters. The van der Waals surface area contributed by atoms with E-state index in [4.69, 9.17) is 26.5 Å². The Labute approximate surface area is 182 Å². The topological polar surface area (TPSA) is 155 Å². The summed E-state index contributed by atoms with van der Waals surface area (Å²) in [6, 6.07) is 7.61. The molecule has 9 nitrogen and oxygen atoms in total. The molecule has 0 aliphatic rings. The van der Waals surface area contributed by atoms with Crippen LogP contribution in [0.5, 0.6) is 11.5 Å². The van der Waals surface area contributed by atoms with Gasteiger partial charge in [0.15, 0.2) is 5.76 Å². The van der Waals surface area contributed by atoms with Crippen LogP contribution in [0.4, 0.5) is 10.5 Å². The van der Waals surface area contributed by atoms with E-state index < -0.39 is 24.0 Å². The number of amides is 2. The van der Waals surface area contributed by atoms with Crippen molar-refractivity contribution in [1.29, 1.82) is 0 Å². The van der Waals surface area contributed by atoms with Crippen molar-refractivity contribution in [2.75, 3.05) is 11.9 Å². The molecular formula is C21H21ClN2O7. The molecule has 0 bridgehead atoms. The number of primary amides is 1. The van der Waals surface area contributed by atoms with Crippen LogP contribution in [0.25, 0.3) is 11.0 Å². The standard InChI is InChI=1S/C21H21ClN2O7/c1-2-14(25)16(27)9-30-11-4-6-13-17(8-11)31-20(18(13)24-21(23)29)19(28)12-5-3-10(22)7-15(12)26/h3-8,14,16,25-27H,2,9H2,1H3,(H3,23,24,29). The molecule has 10 heteroatoms. The molecule has 1 aromatic heterocycles. The molecule has 3 aromatic rings. The van der Waals surface area contributed by atoms with Crippen molar-refractivity contribution < 1.29 is 34.1 Å². The van der Waals surface area contributed by atoms with Crippen LogP contribution in [0.15, 0.2) is 40.8 Å². The van der Waals surface area contributed by atoms with Crippen LogP contribution < -0.4 is 15.8 Å². The summed E-state index contributed by atoms with van der Waals surface area (Å²) in [5.74, 6) is -0.985. The molecule has 0 aliphatic heterocycles. The number of ether oxygens (including phenoxy) is 1. The van der Waals surface area contributed by atoms with Crippen LogP contribution in [0.3, 0.4) is 0 Å². The number of furan rings is 1. The fourth-order valence-corrected chi connectivity index (χ4v) is 3.12. The van der Waals surface area contributed by atoms with Gasteiger partial charge in [0.05, 0.1) is 11.7 Å². The summed E-state index contributed by atoms with van der Waals surface area (Å²) in [5, 5.41) is 32.6. The number of hydrogen-bond acceptors (Lipinski definition) is 7. The number of anilines is 1. The van der Waals surface area contributed by atoms with Crippen molar-refractivity contribution in [3.05, 3.63) is 52.7 Å². The van der Waals surface area contributed by atoms with E-state index in [1.807, 2.05) is 0 Å². The van der Waals surface area contributed by atoms with Crippen molar-refractivity contribution in [3.8, 4) is 11.5 Å². The maximum atomic E-state index is 13.0. The average molecular weight is 449 g/mol. The molecule has 0 fully saturated rings. The molecule has 0 saturated carbocycles. The van der Waals surface area contributed by atoms with Crippen molar-refractivity contribution in [2.24, 2.45) is 5.73 Å². The minimum absolute atomic E-state index is 0.0369. The number of nitrogens with one attached hydrogen (secondary N) is 1. The fourth-order valence-electron chi connectivity index (χ4n) is 2.96. The predicted octanol–water partition coefficient (Wildman–Crippen LogP) is 3.02. The van der Waals surface area contributed by atoms with Gasteiger partial charge in [0.25, 0.3) is 0 Å². The third kappa shape index (κ3) is 4.91. The third-order valence-corrected chi connectivity index (χ3v) is 4.84. The number of rotatable bonds is 8. The molecule has 164 valence electrons. The summed E-state index contributed by atoms with van der Waals surface area (Å²) in [6.07, 6.45) is -1.63. The first-order chi connectivity index (χ1) is 14.7. The van der Waals surface area contributed by atoms with Gasteiger partial charge in [0.2, 0.25) is 5.78 Å². The number of halogens is 1. The molecule has 0 spiro atoms. The molecule has 2 amide bonds. The number of benzene rings is 2. The van der Waals surface area contributed by atoms with Crippen molar-refractivity contribution in [1.82, 2.24) is 0 Å². The first kappa shape index (κ1) is 22.4. The number of aliphatic hydroxyl groups excluding tert-OH is 2. The molecule has 31 heavy (non-hydrogen) atoms. The second-order valence-corrected chi connectivity index (χ2v) is 7.23. The Balaban J connectivity index is 1.98. The molecule has 3 rings (SSSR count). The number of carbonyl (C=O) groups excluding carboxylic acids is 2. The van der Waals surface area contributed by atoms with Crippen molar-refractivity contribution in [3.63, 3.8) is 0 Å². The normalized spacial score (nSPS) is 13.0. The Morgan fingerprint density at radius 1 is 1.19 bits per heavy atom. The minimum Gasteiger partial charge on any atom is -0.507 e. The number of fused-ring (bicyclic) bond motifs is 1. The molecule has 2 atom stereocenters. The van der Waals surface area contributed by atoms with Crippen LogP contribution in [0.2, 0.25) is 5.02 Å². The summed E-state index contributed by atoms with van der Waals surface area (Å²) in [6.45, 7) is 1.57. The Morgan fingerprint density at radius 2 is 1.94 bits per heavy atom. The van der Waals surface area contributed by atoms with E-state index in [2.05, 4.69) is 5.32 Å². The van der Waals surface area contributed by atoms with Crippen LogP contribution in [0.1, 0.15) is 29.5 Å².